The summed E-state index contributed by atoms with van der Waals surface area (Å²) in [6.07, 6.45) is 3.09. The summed E-state index contributed by atoms with van der Waals surface area (Å²) in [7, 11) is -1.13. The summed E-state index contributed by atoms with van der Waals surface area (Å²) < 4.78 is 48.1. The molecule has 1 fully saturated rings. The summed E-state index contributed by atoms with van der Waals surface area (Å²) in [5.41, 5.74) is 0.120. The van der Waals surface area contributed by atoms with Gasteiger partial charge in [0.05, 0.1) is 19.1 Å². The quantitative estimate of drug-likeness (QED) is 0.874. The molecule has 3 rings (SSSR count). The third kappa shape index (κ3) is 2.50. The molecular formula is C13H13FN4O4S. The van der Waals surface area contributed by atoms with E-state index in [9.17, 15) is 17.6 Å². The molecule has 2 heterocycles. The first kappa shape index (κ1) is 15.3. The molecule has 0 unspecified atom stereocenters. The molecule has 1 saturated heterocycles. The Hall–Kier alpha value is -2.62. The number of hydrogen-bond acceptors (Lipinski definition) is 5. The Morgan fingerprint density at radius 1 is 1.39 bits per heavy atom. The second-order valence-electron chi connectivity index (χ2n) is 4.94. The van der Waals surface area contributed by atoms with Crippen LogP contribution in [0.4, 0.5) is 10.1 Å². The van der Waals surface area contributed by atoms with Crippen molar-refractivity contribution in [1.82, 2.24) is 14.3 Å². The third-order valence-corrected chi connectivity index (χ3v) is 4.73. The number of rotatable bonds is 3. The van der Waals surface area contributed by atoms with Crippen LogP contribution < -0.4 is 13.8 Å². The average molecular weight is 340 g/mol. The third-order valence-electron chi connectivity index (χ3n) is 3.35. The summed E-state index contributed by atoms with van der Waals surface area (Å²) >= 11 is 0. The maximum Gasteiger partial charge on any atom is 0.326 e. The van der Waals surface area contributed by atoms with E-state index in [2.05, 4.69) is 4.98 Å². The molecule has 1 amide bonds. The van der Waals surface area contributed by atoms with Gasteiger partial charge in [0.2, 0.25) is 0 Å². The van der Waals surface area contributed by atoms with E-state index in [0.717, 1.165) is 0 Å². The number of ether oxygens (including phenoxy) is 1. The van der Waals surface area contributed by atoms with Gasteiger partial charge in [0.25, 0.3) is 5.91 Å². The van der Waals surface area contributed by atoms with Crippen LogP contribution in [0, 0.1) is 5.82 Å². The number of hydrogen-bond donors (Lipinski definition) is 1. The highest BCUT2D eigenvalue weighted by Crippen LogP contribution is 2.38. The first-order valence-corrected chi connectivity index (χ1v) is 7.95. The maximum atomic E-state index is 15.0. The lowest BCUT2D eigenvalue weighted by atomic mass is 10.1. The first-order valence-electron chi connectivity index (χ1n) is 6.51. The highest BCUT2D eigenvalue weighted by molar-refractivity contribution is 7.92. The van der Waals surface area contributed by atoms with Gasteiger partial charge in [0.15, 0.2) is 5.82 Å². The number of aromatic nitrogens is 2. The highest BCUT2D eigenvalue weighted by atomic mass is 32.2. The molecule has 1 aromatic heterocycles. The van der Waals surface area contributed by atoms with Crippen molar-refractivity contribution in [2.75, 3.05) is 18.0 Å². The second kappa shape index (κ2) is 5.23. The second-order valence-corrected chi connectivity index (χ2v) is 6.53. The molecule has 2 aromatic rings. The van der Waals surface area contributed by atoms with E-state index in [1.807, 2.05) is 0 Å². The van der Waals surface area contributed by atoms with Crippen LogP contribution in [-0.2, 0) is 22.1 Å². The van der Waals surface area contributed by atoms with Gasteiger partial charge in [-0.25, -0.2) is 18.4 Å². The van der Waals surface area contributed by atoms with Gasteiger partial charge in [-0.3, -0.25) is 4.79 Å². The van der Waals surface area contributed by atoms with Crippen molar-refractivity contribution in [3.05, 3.63) is 30.5 Å². The largest absolute Gasteiger partial charge is 0.494 e. The van der Waals surface area contributed by atoms with Crippen LogP contribution in [0.25, 0.3) is 11.3 Å². The number of imidazole rings is 1. The average Bonchev–Trinajstić information content (AvgIpc) is 3.01. The van der Waals surface area contributed by atoms with E-state index < -0.39 is 28.5 Å². The van der Waals surface area contributed by atoms with Crippen LogP contribution in [0.2, 0.25) is 0 Å². The molecule has 122 valence electrons. The van der Waals surface area contributed by atoms with Gasteiger partial charge in [-0.2, -0.15) is 8.42 Å². The predicted octanol–water partition coefficient (Wildman–Crippen LogP) is 0.416. The van der Waals surface area contributed by atoms with Crippen molar-refractivity contribution < 1.29 is 22.3 Å². The number of carbonyl (C=O) groups excluding carboxylic acids is 1. The fourth-order valence-corrected chi connectivity index (χ4v) is 3.50. The summed E-state index contributed by atoms with van der Waals surface area (Å²) in [6.45, 7) is -0.513. The summed E-state index contributed by atoms with van der Waals surface area (Å²) in [5, 5.41) is 0. The zero-order valence-electron chi connectivity index (χ0n) is 12.3. The van der Waals surface area contributed by atoms with E-state index in [4.69, 9.17) is 4.74 Å². The number of methoxy groups -OCH3 is 1. The minimum Gasteiger partial charge on any atom is -0.494 e. The van der Waals surface area contributed by atoms with E-state index >= 15 is 0 Å². The van der Waals surface area contributed by atoms with Gasteiger partial charge >= 0.3 is 10.2 Å². The van der Waals surface area contributed by atoms with Gasteiger partial charge in [-0.1, -0.05) is 0 Å². The molecular weight excluding hydrogens is 327 g/mol. The van der Waals surface area contributed by atoms with Gasteiger partial charge in [-0.05, 0) is 12.1 Å². The van der Waals surface area contributed by atoms with Gasteiger partial charge in [0.1, 0.15) is 18.0 Å². The smallest absolute Gasteiger partial charge is 0.326 e. The molecule has 0 radical (unpaired) electrons. The lowest BCUT2D eigenvalue weighted by Crippen LogP contribution is -2.30. The number of aryl methyl sites for hydroxylation is 1. The number of benzene rings is 1. The molecule has 1 N–H and O–H groups in total. The normalized spacial score (nSPS) is 16.5. The Labute approximate surface area is 131 Å². The molecule has 0 bridgehead atoms. The Bertz CT molecular complexity index is 893. The zero-order valence-corrected chi connectivity index (χ0v) is 13.1. The standard InChI is InChI=1S/C13H13FN4O4S/c1-17-5-9(15-7-17)8-3-4-10(22-2)13(12(8)14)18-6-11(19)16-23(18,20)21/h3-5,7H,6H2,1-2H3,(H,16,19). The summed E-state index contributed by atoms with van der Waals surface area (Å²) in [5.74, 6) is -1.57. The molecule has 1 aliphatic heterocycles. The van der Waals surface area contributed by atoms with Crippen molar-refractivity contribution in [2.24, 2.45) is 7.05 Å². The molecule has 0 atom stereocenters. The lowest BCUT2D eigenvalue weighted by Gasteiger charge is -2.19. The van der Waals surface area contributed by atoms with E-state index in [0.29, 0.717) is 10.00 Å². The fourth-order valence-electron chi connectivity index (χ4n) is 2.34. The van der Waals surface area contributed by atoms with Gasteiger partial charge in [-0.15, -0.1) is 0 Å². The summed E-state index contributed by atoms with van der Waals surface area (Å²) in [6, 6.07) is 2.87. The Kier molecular flexibility index (Phi) is 3.48. The predicted molar refractivity (Wildman–Crippen MR) is 79.6 cm³/mol. The van der Waals surface area contributed by atoms with Crippen LogP contribution in [0.5, 0.6) is 5.75 Å². The molecule has 1 aliphatic rings. The number of anilines is 1. The van der Waals surface area contributed by atoms with Crippen molar-refractivity contribution in [1.29, 1.82) is 0 Å². The Morgan fingerprint density at radius 2 is 2.13 bits per heavy atom. The number of nitrogens with zero attached hydrogens (tertiary/aromatic N) is 3. The van der Waals surface area contributed by atoms with Gasteiger partial charge < -0.3 is 9.30 Å². The highest BCUT2D eigenvalue weighted by Gasteiger charge is 2.38. The Morgan fingerprint density at radius 3 is 2.65 bits per heavy atom. The minimum absolute atomic E-state index is 0.00209. The number of amides is 1. The molecule has 0 spiro atoms. The van der Waals surface area contributed by atoms with E-state index in [1.165, 1.54) is 25.6 Å². The maximum absolute atomic E-state index is 15.0. The van der Waals surface area contributed by atoms with Gasteiger partial charge in [0, 0.05) is 18.8 Å². The van der Waals surface area contributed by atoms with E-state index in [-0.39, 0.29) is 17.0 Å². The van der Waals surface area contributed by atoms with Crippen molar-refractivity contribution >= 4 is 21.8 Å². The SMILES string of the molecule is COc1ccc(-c2cn(C)cn2)c(F)c1N1CC(=O)NS1(=O)=O. The van der Waals surface area contributed by atoms with Crippen LogP contribution in [0.1, 0.15) is 0 Å². The number of nitrogens with one attached hydrogen (secondary N) is 1. The molecule has 0 saturated carbocycles. The fraction of sp³-hybridized carbons (Fsp3) is 0.231. The van der Waals surface area contributed by atoms with E-state index in [1.54, 1.807) is 22.5 Å². The Balaban J connectivity index is 2.21. The minimum atomic E-state index is -4.15. The number of carbonyl (C=O) groups is 1. The summed E-state index contributed by atoms with van der Waals surface area (Å²) in [4.78, 5) is 15.5. The van der Waals surface area contributed by atoms with Crippen LogP contribution >= 0.6 is 0 Å². The molecule has 23 heavy (non-hydrogen) atoms. The molecule has 10 heteroatoms. The molecule has 0 aliphatic carbocycles. The zero-order chi connectivity index (χ0) is 16.8. The first-order chi connectivity index (χ1) is 10.8. The van der Waals surface area contributed by atoms with Crippen LogP contribution in [-0.4, -0.2) is 37.5 Å². The topological polar surface area (TPSA) is 93.5 Å². The monoisotopic (exact) mass is 340 g/mol. The van der Waals surface area contributed by atoms with Crippen LogP contribution in [0.3, 0.4) is 0 Å². The van der Waals surface area contributed by atoms with Crippen molar-refractivity contribution in [3.63, 3.8) is 0 Å². The van der Waals surface area contributed by atoms with Crippen molar-refractivity contribution in [2.45, 2.75) is 0 Å². The number of halogens is 1. The molecule has 8 nitrogen and oxygen atoms in total. The molecule has 1 aromatic carbocycles. The van der Waals surface area contributed by atoms with Crippen molar-refractivity contribution in [3.8, 4) is 17.0 Å². The van der Waals surface area contributed by atoms with Crippen LogP contribution in [0.15, 0.2) is 24.7 Å². The lowest BCUT2D eigenvalue weighted by molar-refractivity contribution is -0.117.